The summed E-state index contributed by atoms with van der Waals surface area (Å²) < 4.78 is 39.8. The first-order valence-electron chi connectivity index (χ1n) is 9.69. The molecule has 3 aliphatic rings. The zero-order valence-corrected chi connectivity index (χ0v) is 16.7. The third kappa shape index (κ3) is 2.62. The minimum atomic E-state index is -4.31. The Labute approximate surface area is 167 Å². The number of nitrogens with one attached hydrogen (secondary N) is 1. The fraction of sp³-hybridized carbons (Fsp3) is 0.391. The van der Waals surface area contributed by atoms with Gasteiger partial charge in [0.25, 0.3) is 0 Å². The van der Waals surface area contributed by atoms with E-state index >= 15 is 0 Å². The van der Waals surface area contributed by atoms with E-state index in [4.69, 9.17) is 0 Å². The molecule has 0 aromatic heterocycles. The molecule has 2 aromatic carbocycles. The molecule has 5 rings (SSSR count). The predicted molar refractivity (Wildman–Crippen MR) is 110 cm³/mol. The molecule has 0 saturated carbocycles. The van der Waals surface area contributed by atoms with Gasteiger partial charge in [0.1, 0.15) is 0 Å². The van der Waals surface area contributed by atoms with Crippen LogP contribution in [0.15, 0.2) is 48.0 Å². The molecule has 2 aromatic rings. The second-order valence-electron chi connectivity index (χ2n) is 8.53. The first-order chi connectivity index (χ1) is 13.3. The Morgan fingerprint density at radius 1 is 1.07 bits per heavy atom. The van der Waals surface area contributed by atoms with Crippen molar-refractivity contribution in [1.82, 2.24) is 0 Å². The van der Waals surface area contributed by atoms with E-state index in [2.05, 4.69) is 43.4 Å². The van der Waals surface area contributed by atoms with Crippen LogP contribution >= 0.6 is 11.8 Å². The Morgan fingerprint density at radius 2 is 1.86 bits per heavy atom. The Balaban J connectivity index is 1.61. The highest BCUT2D eigenvalue weighted by Crippen LogP contribution is 2.54. The number of alkyl halides is 3. The molecule has 2 heterocycles. The first-order valence-corrected chi connectivity index (χ1v) is 10.7. The zero-order chi connectivity index (χ0) is 19.7. The molecule has 0 spiro atoms. The van der Waals surface area contributed by atoms with Crippen LogP contribution in [0.5, 0.6) is 0 Å². The largest absolute Gasteiger partial charge is 0.416 e. The molecule has 0 amide bonds. The maximum atomic E-state index is 13.3. The molecule has 0 saturated heterocycles. The molecular weight excluding hydrogens is 379 g/mol. The van der Waals surface area contributed by atoms with Crippen LogP contribution in [0.2, 0.25) is 0 Å². The van der Waals surface area contributed by atoms with Crippen LogP contribution in [0.4, 0.5) is 18.9 Å². The molecule has 1 aliphatic carbocycles. The summed E-state index contributed by atoms with van der Waals surface area (Å²) >= 11 is 1.88. The van der Waals surface area contributed by atoms with E-state index in [1.807, 2.05) is 11.8 Å². The van der Waals surface area contributed by atoms with Crippen molar-refractivity contribution < 1.29 is 13.2 Å². The summed E-state index contributed by atoms with van der Waals surface area (Å²) in [5.74, 6) is 1.17. The van der Waals surface area contributed by atoms with Gasteiger partial charge in [-0.05, 0) is 58.7 Å². The molecule has 0 fully saturated rings. The molecule has 2 unspecified atom stereocenters. The number of hydrogen-bond acceptors (Lipinski definition) is 2. The van der Waals surface area contributed by atoms with Gasteiger partial charge in [0.2, 0.25) is 0 Å². The maximum Gasteiger partial charge on any atom is 0.416 e. The predicted octanol–water partition coefficient (Wildman–Crippen LogP) is 6.50. The highest BCUT2D eigenvalue weighted by atomic mass is 32.2. The monoisotopic (exact) mass is 401 g/mol. The summed E-state index contributed by atoms with van der Waals surface area (Å²) in [5.41, 5.74) is 4.91. The topological polar surface area (TPSA) is 12.0 Å². The molecule has 0 radical (unpaired) electrons. The van der Waals surface area contributed by atoms with E-state index in [0.29, 0.717) is 0 Å². The van der Waals surface area contributed by atoms with E-state index in [1.54, 1.807) is 6.07 Å². The summed E-state index contributed by atoms with van der Waals surface area (Å²) in [6.07, 6.45) is -2.27. The van der Waals surface area contributed by atoms with Crippen LogP contribution in [0.3, 0.4) is 0 Å². The molecule has 0 bridgehead atoms. The number of halogens is 3. The number of hydrogen-bond donors (Lipinski definition) is 1. The van der Waals surface area contributed by atoms with E-state index in [-0.39, 0.29) is 17.4 Å². The van der Waals surface area contributed by atoms with Gasteiger partial charge in [0, 0.05) is 22.3 Å². The average Bonchev–Trinajstić information content (AvgIpc) is 2.66. The lowest BCUT2D eigenvalue weighted by Crippen LogP contribution is -2.50. The minimum Gasteiger partial charge on any atom is -0.378 e. The highest BCUT2D eigenvalue weighted by Gasteiger charge is 2.47. The number of aryl methyl sites for hydroxylation is 1. The van der Waals surface area contributed by atoms with Gasteiger partial charge in [0.05, 0.1) is 11.6 Å². The van der Waals surface area contributed by atoms with E-state index in [0.717, 1.165) is 29.8 Å². The molecule has 146 valence electrons. The fourth-order valence-electron chi connectivity index (χ4n) is 5.05. The average molecular weight is 401 g/mol. The molecule has 5 heteroatoms. The van der Waals surface area contributed by atoms with Crippen LogP contribution in [-0.2, 0) is 18.0 Å². The summed E-state index contributed by atoms with van der Waals surface area (Å²) in [6.45, 7) is 4.21. The molecular formula is C23H22F3NS. The summed E-state index contributed by atoms with van der Waals surface area (Å²) in [5, 5.41) is 3.62. The first kappa shape index (κ1) is 18.2. The number of rotatable bonds is 0. The third-order valence-electron chi connectivity index (χ3n) is 6.68. The Kier molecular flexibility index (Phi) is 3.93. The maximum absolute atomic E-state index is 13.3. The second kappa shape index (κ2) is 6.06. The van der Waals surface area contributed by atoms with Crippen molar-refractivity contribution in [2.45, 2.75) is 44.3 Å². The van der Waals surface area contributed by atoms with Crippen molar-refractivity contribution >= 4 is 22.4 Å². The molecule has 1 N–H and O–H groups in total. The van der Waals surface area contributed by atoms with Gasteiger partial charge in [-0.25, -0.2) is 0 Å². The molecule has 2 aliphatic heterocycles. The Hall–Kier alpha value is -1.88. The minimum absolute atomic E-state index is 0.184. The summed E-state index contributed by atoms with van der Waals surface area (Å²) in [6, 6.07) is 12.9. The molecule has 2 atom stereocenters. The lowest BCUT2D eigenvalue weighted by atomic mass is 9.65. The van der Waals surface area contributed by atoms with Gasteiger partial charge in [-0.15, -0.1) is 11.8 Å². The van der Waals surface area contributed by atoms with Crippen molar-refractivity contribution in [3.63, 3.8) is 0 Å². The number of benzene rings is 2. The smallest absolute Gasteiger partial charge is 0.378 e. The summed E-state index contributed by atoms with van der Waals surface area (Å²) in [4.78, 5) is 1.38. The van der Waals surface area contributed by atoms with Crippen molar-refractivity contribution in [3.05, 3.63) is 70.3 Å². The van der Waals surface area contributed by atoms with Crippen molar-refractivity contribution in [3.8, 4) is 0 Å². The third-order valence-corrected chi connectivity index (χ3v) is 7.98. The lowest BCUT2D eigenvalue weighted by Gasteiger charge is -2.50. The summed E-state index contributed by atoms with van der Waals surface area (Å²) in [7, 11) is 0. The van der Waals surface area contributed by atoms with Crippen LogP contribution < -0.4 is 5.32 Å². The van der Waals surface area contributed by atoms with Crippen molar-refractivity contribution in [2.24, 2.45) is 5.92 Å². The van der Waals surface area contributed by atoms with E-state index in [1.165, 1.54) is 33.7 Å². The van der Waals surface area contributed by atoms with Gasteiger partial charge in [-0.3, -0.25) is 0 Å². The van der Waals surface area contributed by atoms with E-state index < -0.39 is 11.7 Å². The van der Waals surface area contributed by atoms with Gasteiger partial charge < -0.3 is 5.32 Å². The van der Waals surface area contributed by atoms with Crippen LogP contribution in [0.1, 0.15) is 42.5 Å². The van der Waals surface area contributed by atoms with Crippen LogP contribution in [-0.4, -0.2) is 11.8 Å². The van der Waals surface area contributed by atoms with Gasteiger partial charge in [0.15, 0.2) is 0 Å². The zero-order valence-electron chi connectivity index (χ0n) is 15.9. The molecule has 1 nitrogen and oxygen atoms in total. The SMILES string of the molecule is CC1(C)c2cc(C(F)(F)F)ccc2NC2C3=C(SCC21)c1ccccc1CC3. The second-order valence-corrected chi connectivity index (χ2v) is 9.56. The van der Waals surface area contributed by atoms with Gasteiger partial charge >= 0.3 is 6.18 Å². The highest BCUT2D eigenvalue weighted by molar-refractivity contribution is 8.08. The van der Waals surface area contributed by atoms with Crippen LogP contribution in [0, 0.1) is 5.92 Å². The fourth-order valence-corrected chi connectivity index (χ4v) is 6.78. The van der Waals surface area contributed by atoms with Gasteiger partial charge in [-0.1, -0.05) is 38.1 Å². The number of thioether (sulfide) groups is 1. The Morgan fingerprint density at radius 3 is 2.64 bits per heavy atom. The standard InChI is InChI=1S/C23H22F3NS/c1-22(2)17-11-14(23(24,25)26)8-10-19(17)27-20-16-9-7-13-5-3-4-6-15(13)21(16)28-12-18(20)22/h3-6,8,10-11,18,20,27H,7,9,12H2,1-2H3. The number of anilines is 1. The van der Waals surface area contributed by atoms with E-state index in [9.17, 15) is 13.2 Å². The van der Waals surface area contributed by atoms with Crippen molar-refractivity contribution in [1.29, 1.82) is 0 Å². The molecule has 28 heavy (non-hydrogen) atoms. The van der Waals surface area contributed by atoms with Gasteiger partial charge in [-0.2, -0.15) is 13.2 Å². The quantitative estimate of drug-likeness (QED) is 0.541. The Bertz CT molecular complexity index is 990. The van der Waals surface area contributed by atoms with Crippen LogP contribution in [0.25, 0.3) is 4.91 Å². The lowest BCUT2D eigenvalue weighted by molar-refractivity contribution is -0.137. The van der Waals surface area contributed by atoms with Crippen molar-refractivity contribution in [2.75, 3.05) is 11.1 Å². The number of fused-ring (bicyclic) bond motifs is 5. The normalized spacial score (nSPS) is 25.2.